The zero-order chi connectivity index (χ0) is 14.1. The van der Waals surface area contributed by atoms with E-state index in [0.717, 1.165) is 25.1 Å². The van der Waals surface area contributed by atoms with E-state index in [-0.39, 0.29) is 0 Å². The van der Waals surface area contributed by atoms with Crippen LogP contribution in [-0.2, 0) is 6.42 Å². The molecule has 2 aromatic rings. The molecule has 0 saturated carbocycles. The number of nitrogens with zero attached hydrogens (tertiary/aromatic N) is 2. The van der Waals surface area contributed by atoms with Crippen LogP contribution in [0, 0.1) is 18.3 Å². The summed E-state index contributed by atoms with van der Waals surface area (Å²) in [5, 5.41) is 9.12. The molecule has 0 atom stereocenters. The second-order valence-corrected chi connectivity index (χ2v) is 5.27. The van der Waals surface area contributed by atoms with Crippen molar-refractivity contribution in [1.29, 1.82) is 5.26 Å². The first-order valence-electron chi connectivity index (χ1n) is 6.86. The van der Waals surface area contributed by atoms with E-state index in [1.165, 1.54) is 16.8 Å². The predicted molar refractivity (Wildman–Crippen MR) is 82.1 cm³/mol. The van der Waals surface area contributed by atoms with Gasteiger partial charge in [-0.25, -0.2) is 0 Å². The molecule has 0 saturated heterocycles. The van der Waals surface area contributed by atoms with Crippen molar-refractivity contribution in [3.63, 3.8) is 0 Å². The van der Waals surface area contributed by atoms with Crippen LogP contribution >= 0.6 is 0 Å². The maximum atomic E-state index is 9.12. The van der Waals surface area contributed by atoms with Gasteiger partial charge in [-0.05, 0) is 49.6 Å². The Bertz CT molecular complexity index is 698. The van der Waals surface area contributed by atoms with E-state index in [9.17, 15) is 0 Å². The minimum Gasteiger partial charge on any atom is -0.398 e. The molecule has 0 amide bonds. The second-order valence-electron chi connectivity index (χ2n) is 5.27. The maximum absolute atomic E-state index is 9.12. The van der Waals surface area contributed by atoms with Crippen LogP contribution in [0.4, 0.5) is 17.1 Å². The molecule has 0 unspecified atom stereocenters. The van der Waals surface area contributed by atoms with Crippen LogP contribution in [0.25, 0.3) is 0 Å². The highest BCUT2D eigenvalue weighted by molar-refractivity contribution is 5.72. The van der Waals surface area contributed by atoms with Crippen molar-refractivity contribution in [3.05, 3.63) is 53.1 Å². The zero-order valence-corrected chi connectivity index (χ0v) is 11.6. The lowest BCUT2D eigenvalue weighted by Gasteiger charge is -2.31. The average molecular weight is 263 g/mol. The van der Waals surface area contributed by atoms with Gasteiger partial charge in [0.1, 0.15) is 6.07 Å². The highest BCUT2D eigenvalue weighted by Gasteiger charge is 2.18. The molecule has 1 heterocycles. The molecule has 1 aliphatic heterocycles. The Labute approximate surface area is 119 Å². The largest absolute Gasteiger partial charge is 0.398 e. The molecule has 2 N–H and O–H groups in total. The Morgan fingerprint density at radius 2 is 2.05 bits per heavy atom. The average Bonchev–Trinajstić information content (AvgIpc) is 2.47. The molecule has 3 heteroatoms. The number of fused-ring (bicyclic) bond motifs is 1. The molecule has 0 spiro atoms. The van der Waals surface area contributed by atoms with Crippen LogP contribution in [0.3, 0.4) is 0 Å². The van der Waals surface area contributed by atoms with Crippen molar-refractivity contribution in [2.75, 3.05) is 17.2 Å². The Hall–Kier alpha value is -2.47. The molecule has 3 rings (SSSR count). The topological polar surface area (TPSA) is 53.0 Å². The summed E-state index contributed by atoms with van der Waals surface area (Å²) in [6.45, 7) is 3.10. The van der Waals surface area contributed by atoms with Crippen molar-refractivity contribution >= 4 is 17.1 Å². The molecule has 1 aliphatic rings. The van der Waals surface area contributed by atoms with E-state index in [1.54, 1.807) is 0 Å². The number of nitrogen functional groups attached to an aromatic ring is 1. The molecule has 0 aliphatic carbocycles. The summed E-state index contributed by atoms with van der Waals surface area (Å²) >= 11 is 0. The van der Waals surface area contributed by atoms with Gasteiger partial charge in [-0.15, -0.1) is 0 Å². The Morgan fingerprint density at radius 1 is 1.20 bits per heavy atom. The highest BCUT2D eigenvalue weighted by atomic mass is 15.1. The van der Waals surface area contributed by atoms with E-state index in [4.69, 9.17) is 11.0 Å². The summed E-state index contributed by atoms with van der Waals surface area (Å²) in [5.74, 6) is 0. The van der Waals surface area contributed by atoms with E-state index < -0.39 is 0 Å². The van der Waals surface area contributed by atoms with Crippen LogP contribution < -0.4 is 10.6 Å². The molecular weight excluding hydrogens is 246 g/mol. The lowest BCUT2D eigenvalue weighted by molar-refractivity contribution is 0.766. The van der Waals surface area contributed by atoms with E-state index in [1.807, 2.05) is 18.2 Å². The summed E-state index contributed by atoms with van der Waals surface area (Å²) in [6.07, 6.45) is 2.25. The van der Waals surface area contributed by atoms with Crippen LogP contribution in [0.5, 0.6) is 0 Å². The Balaban J connectivity index is 2.07. The van der Waals surface area contributed by atoms with Gasteiger partial charge in [0.05, 0.1) is 5.56 Å². The van der Waals surface area contributed by atoms with Crippen molar-refractivity contribution in [2.45, 2.75) is 19.8 Å². The van der Waals surface area contributed by atoms with E-state index in [2.05, 4.69) is 36.1 Å². The number of rotatable bonds is 1. The number of nitrogens with two attached hydrogens (primary N) is 1. The number of benzene rings is 2. The van der Waals surface area contributed by atoms with Gasteiger partial charge in [0, 0.05) is 23.6 Å². The van der Waals surface area contributed by atoms with Crippen molar-refractivity contribution in [1.82, 2.24) is 0 Å². The van der Waals surface area contributed by atoms with Gasteiger partial charge in [0.15, 0.2) is 0 Å². The summed E-state index contributed by atoms with van der Waals surface area (Å²) in [6, 6.07) is 14.4. The van der Waals surface area contributed by atoms with Crippen molar-refractivity contribution in [2.24, 2.45) is 0 Å². The molecule has 0 fully saturated rings. The number of aryl methyl sites for hydroxylation is 2. The summed E-state index contributed by atoms with van der Waals surface area (Å²) in [4.78, 5) is 2.28. The number of hydrogen-bond acceptors (Lipinski definition) is 3. The van der Waals surface area contributed by atoms with Gasteiger partial charge < -0.3 is 10.6 Å². The third-order valence-corrected chi connectivity index (χ3v) is 3.82. The van der Waals surface area contributed by atoms with Crippen LogP contribution in [0.15, 0.2) is 36.4 Å². The molecule has 100 valence electrons. The lowest BCUT2D eigenvalue weighted by Crippen LogP contribution is -2.24. The fourth-order valence-corrected chi connectivity index (χ4v) is 2.80. The summed E-state index contributed by atoms with van der Waals surface area (Å²) in [5.41, 5.74) is 11.8. The molecule has 2 aromatic carbocycles. The number of nitriles is 1. The maximum Gasteiger partial charge on any atom is 0.101 e. The van der Waals surface area contributed by atoms with E-state index >= 15 is 0 Å². The molecule has 20 heavy (non-hydrogen) atoms. The fourth-order valence-electron chi connectivity index (χ4n) is 2.80. The van der Waals surface area contributed by atoms with Gasteiger partial charge in [-0.3, -0.25) is 0 Å². The first kappa shape index (κ1) is 12.6. The molecule has 0 radical (unpaired) electrons. The minimum atomic E-state index is 0.539. The van der Waals surface area contributed by atoms with Gasteiger partial charge in [-0.2, -0.15) is 5.26 Å². The van der Waals surface area contributed by atoms with E-state index in [0.29, 0.717) is 11.3 Å². The van der Waals surface area contributed by atoms with Gasteiger partial charge >= 0.3 is 0 Å². The lowest BCUT2D eigenvalue weighted by atomic mass is 9.98. The number of hydrogen-bond donors (Lipinski definition) is 1. The number of anilines is 3. The first-order chi connectivity index (χ1) is 9.69. The quantitative estimate of drug-likeness (QED) is 0.801. The molecule has 0 aromatic heterocycles. The van der Waals surface area contributed by atoms with Gasteiger partial charge in [0.2, 0.25) is 0 Å². The van der Waals surface area contributed by atoms with Crippen molar-refractivity contribution < 1.29 is 0 Å². The van der Waals surface area contributed by atoms with Crippen LogP contribution in [0.1, 0.15) is 23.1 Å². The monoisotopic (exact) mass is 263 g/mol. The second kappa shape index (κ2) is 4.90. The zero-order valence-electron chi connectivity index (χ0n) is 11.6. The Kier molecular flexibility index (Phi) is 3.08. The first-order valence-corrected chi connectivity index (χ1v) is 6.86. The normalized spacial score (nSPS) is 13.7. The minimum absolute atomic E-state index is 0.539. The summed E-state index contributed by atoms with van der Waals surface area (Å²) in [7, 11) is 0. The smallest absolute Gasteiger partial charge is 0.101 e. The van der Waals surface area contributed by atoms with Crippen molar-refractivity contribution in [3.8, 4) is 6.07 Å². The van der Waals surface area contributed by atoms with Crippen LogP contribution in [0.2, 0.25) is 0 Å². The van der Waals surface area contributed by atoms with Crippen LogP contribution in [-0.4, -0.2) is 6.54 Å². The molecule has 0 bridgehead atoms. The molecular formula is C17H17N3. The molecule has 3 nitrogen and oxygen atoms in total. The highest BCUT2D eigenvalue weighted by Crippen LogP contribution is 2.34. The van der Waals surface area contributed by atoms with Gasteiger partial charge in [0.25, 0.3) is 0 Å². The predicted octanol–water partition coefficient (Wildman–Crippen LogP) is 3.53. The third-order valence-electron chi connectivity index (χ3n) is 3.82. The third kappa shape index (κ3) is 2.10. The standard InChI is InChI=1S/C17H17N3/c1-12-4-7-17-13(9-12)3-2-8-20(17)15-5-6-16(19)14(10-15)11-18/h4-7,9-10H,2-3,8,19H2,1H3. The Morgan fingerprint density at radius 3 is 2.85 bits per heavy atom. The fraction of sp³-hybridized carbons (Fsp3) is 0.235. The SMILES string of the molecule is Cc1ccc2c(c1)CCCN2c1ccc(N)c(C#N)c1. The summed E-state index contributed by atoms with van der Waals surface area (Å²) < 4.78 is 0. The van der Waals surface area contributed by atoms with Gasteiger partial charge in [-0.1, -0.05) is 17.7 Å².